The number of thiophene rings is 1. The molecular weight excluding hydrogens is 479 g/mol. The summed E-state index contributed by atoms with van der Waals surface area (Å²) in [7, 11) is -2.60. The zero-order chi connectivity index (χ0) is 22.4. The number of anilines is 1. The lowest BCUT2D eigenvalue weighted by Gasteiger charge is -2.20. The van der Waals surface area contributed by atoms with Gasteiger partial charge in [0.05, 0.1) is 21.2 Å². The van der Waals surface area contributed by atoms with Crippen LogP contribution in [0.5, 0.6) is 0 Å². The number of benzene rings is 2. The monoisotopic (exact) mass is 498 g/mol. The third-order valence-corrected chi connectivity index (χ3v) is 8.57. The van der Waals surface area contributed by atoms with E-state index in [0.717, 1.165) is 10.1 Å². The van der Waals surface area contributed by atoms with E-state index in [2.05, 4.69) is 11.4 Å². The molecule has 1 aromatic heterocycles. The molecule has 2 aromatic carbocycles. The Bertz CT molecular complexity index is 1140. The second-order valence-corrected chi connectivity index (χ2v) is 11.0. The number of rotatable bonds is 9. The van der Waals surface area contributed by atoms with Crippen molar-refractivity contribution in [1.82, 2.24) is 5.32 Å². The molecule has 0 radical (unpaired) electrons. The van der Waals surface area contributed by atoms with Gasteiger partial charge in [0.15, 0.2) is 0 Å². The average molecular weight is 499 g/mol. The van der Waals surface area contributed by atoms with Crippen LogP contribution in [0.15, 0.2) is 64.9 Å². The van der Waals surface area contributed by atoms with Crippen molar-refractivity contribution < 1.29 is 17.6 Å². The van der Waals surface area contributed by atoms with E-state index in [1.807, 2.05) is 11.4 Å². The van der Waals surface area contributed by atoms with Crippen LogP contribution in [0.3, 0.4) is 0 Å². The van der Waals surface area contributed by atoms with Gasteiger partial charge in [-0.15, -0.1) is 11.3 Å². The summed E-state index contributed by atoms with van der Waals surface area (Å²) >= 11 is 9.53. The summed E-state index contributed by atoms with van der Waals surface area (Å²) in [6.07, 6.45) is 0. The van der Waals surface area contributed by atoms with Gasteiger partial charge < -0.3 is 5.32 Å². The standard InChI is InChI=1S/C21H20ClFN2O3S3/c1-25(16-6-4-15(23)5-7-16)31(27,28)18-8-9-20(22)19(13-18)21(26)24-10-12-29-14-17-3-2-11-30-17/h2-9,11,13H,10,12,14H2,1H3,(H,24,26). The highest BCUT2D eigenvalue weighted by molar-refractivity contribution is 7.98. The molecule has 0 saturated heterocycles. The van der Waals surface area contributed by atoms with Gasteiger partial charge in [0, 0.05) is 30.0 Å². The fourth-order valence-corrected chi connectivity index (χ4v) is 5.81. The van der Waals surface area contributed by atoms with Crippen LogP contribution in [0.2, 0.25) is 5.02 Å². The van der Waals surface area contributed by atoms with Crippen LogP contribution in [-0.2, 0) is 15.8 Å². The molecule has 0 aliphatic rings. The molecule has 31 heavy (non-hydrogen) atoms. The van der Waals surface area contributed by atoms with Crippen molar-refractivity contribution >= 4 is 56.3 Å². The van der Waals surface area contributed by atoms with Gasteiger partial charge in [-0.1, -0.05) is 17.7 Å². The molecule has 0 bridgehead atoms. The SMILES string of the molecule is CN(c1ccc(F)cc1)S(=O)(=O)c1ccc(Cl)c(C(=O)NCCSCc2cccs2)c1. The second-order valence-electron chi connectivity index (χ2n) is 6.48. The average Bonchev–Trinajstić information content (AvgIpc) is 3.27. The molecular formula is C21H20ClFN2O3S3. The van der Waals surface area contributed by atoms with Crippen LogP contribution in [0.4, 0.5) is 10.1 Å². The molecule has 0 spiro atoms. The summed E-state index contributed by atoms with van der Waals surface area (Å²) in [5.74, 6) is 0.682. The summed E-state index contributed by atoms with van der Waals surface area (Å²) in [4.78, 5) is 13.7. The lowest BCUT2D eigenvalue weighted by atomic mass is 10.2. The molecule has 5 nitrogen and oxygen atoms in total. The first kappa shape index (κ1) is 23.6. The largest absolute Gasteiger partial charge is 0.351 e. The van der Waals surface area contributed by atoms with Crippen LogP contribution in [0, 0.1) is 5.82 Å². The Morgan fingerprint density at radius 1 is 1.19 bits per heavy atom. The minimum atomic E-state index is -3.96. The fourth-order valence-electron chi connectivity index (χ4n) is 2.69. The number of amides is 1. The molecule has 0 aliphatic heterocycles. The third-order valence-electron chi connectivity index (χ3n) is 4.39. The van der Waals surface area contributed by atoms with Gasteiger partial charge in [-0.3, -0.25) is 9.10 Å². The predicted molar refractivity (Wildman–Crippen MR) is 126 cm³/mol. The molecule has 1 amide bonds. The van der Waals surface area contributed by atoms with E-state index in [1.54, 1.807) is 23.1 Å². The fraction of sp³-hybridized carbons (Fsp3) is 0.190. The molecule has 0 saturated carbocycles. The normalized spacial score (nSPS) is 11.3. The van der Waals surface area contributed by atoms with Gasteiger partial charge in [0.25, 0.3) is 15.9 Å². The summed E-state index contributed by atoms with van der Waals surface area (Å²) in [5.41, 5.74) is 0.378. The Morgan fingerprint density at radius 2 is 1.94 bits per heavy atom. The van der Waals surface area contributed by atoms with Crippen molar-refractivity contribution in [1.29, 1.82) is 0 Å². The summed E-state index contributed by atoms with van der Waals surface area (Å²) in [5, 5.41) is 4.96. The van der Waals surface area contributed by atoms with E-state index < -0.39 is 21.7 Å². The maximum absolute atomic E-state index is 13.1. The van der Waals surface area contributed by atoms with E-state index in [0.29, 0.717) is 18.0 Å². The highest BCUT2D eigenvalue weighted by Crippen LogP contribution is 2.26. The molecule has 1 heterocycles. The first-order valence-corrected chi connectivity index (χ1v) is 13.1. The van der Waals surface area contributed by atoms with E-state index in [-0.39, 0.29) is 15.5 Å². The van der Waals surface area contributed by atoms with Crippen LogP contribution in [0.25, 0.3) is 0 Å². The van der Waals surface area contributed by atoms with Crippen molar-refractivity contribution in [2.24, 2.45) is 0 Å². The topological polar surface area (TPSA) is 66.5 Å². The number of thioether (sulfide) groups is 1. The molecule has 0 atom stereocenters. The molecule has 0 fully saturated rings. The lowest BCUT2D eigenvalue weighted by Crippen LogP contribution is -2.28. The van der Waals surface area contributed by atoms with Crippen LogP contribution < -0.4 is 9.62 Å². The smallest absolute Gasteiger partial charge is 0.264 e. The molecule has 0 aliphatic carbocycles. The summed E-state index contributed by atoms with van der Waals surface area (Å²) in [6.45, 7) is 0.428. The first-order chi connectivity index (χ1) is 14.8. The highest BCUT2D eigenvalue weighted by Gasteiger charge is 2.23. The van der Waals surface area contributed by atoms with Crippen molar-refractivity contribution in [2.45, 2.75) is 10.6 Å². The Balaban J connectivity index is 1.67. The molecule has 3 aromatic rings. The van der Waals surface area contributed by atoms with Gasteiger partial charge in [0.1, 0.15) is 5.82 Å². The number of sulfonamides is 1. The van der Waals surface area contributed by atoms with Crippen molar-refractivity contribution in [3.8, 4) is 0 Å². The highest BCUT2D eigenvalue weighted by atomic mass is 35.5. The minimum absolute atomic E-state index is 0.0819. The maximum atomic E-state index is 13.1. The second kappa shape index (κ2) is 10.5. The molecule has 1 N–H and O–H groups in total. The number of hydrogen-bond acceptors (Lipinski definition) is 5. The zero-order valence-corrected chi connectivity index (χ0v) is 19.8. The molecule has 3 rings (SSSR count). The van der Waals surface area contributed by atoms with E-state index in [1.165, 1.54) is 54.4 Å². The van der Waals surface area contributed by atoms with E-state index in [4.69, 9.17) is 11.6 Å². The van der Waals surface area contributed by atoms with Crippen molar-refractivity contribution in [3.05, 3.63) is 81.3 Å². The Morgan fingerprint density at radius 3 is 2.61 bits per heavy atom. The first-order valence-electron chi connectivity index (χ1n) is 9.21. The van der Waals surface area contributed by atoms with Gasteiger partial charge in [-0.25, -0.2) is 12.8 Å². The van der Waals surface area contributed by atoms with Crippen molar-refractivity contribution in [2.75, 3.05) is 23.7 Å². The summed E-state index contributed by atoms with van der Waals surface area (Å²) < 4.78 is 40.1. The number of carbonyl (C=O) groups excluding carboxylic acids is 1. The number of hydrogen-bond donors (Lipinski definition) is 1. The molecule has 0 unspecified atom stereocenters. The third kappa shape index (κ3) is 6.00. The van der Waals surface area contributed by atoms with E-state index in [9.17, 15) is 17.6 Å². The quantitative estimate of drug-likeness (QED) is 0.420. The number of nitrogens with zero attached hydrogens (tertiary/aromatic N) is 1. The number of carbonyl (C=O) groups is 1. The zero-order valence-electron chi connectivity index (χ0n) is 16.5. The van der Waals surface area contributed by atoms with Gasteiger partial charge in [-0.05, 0) is 53.9 Å². The Kier molecular flexibility index (Phi) is 7.99. The lowest BCUT2D eigenvalue weighted by molar-refractivity contribution is 0.0956. The van der Waals surface area contributed by atoms with Gasteiger partial charge >= 0.3 is 0 Å². The molecule has 164 valence electrons. The number of nitrogens with one attached hydrogen (secondary N) is 1. The van der Waals surface area contributed by atoms with Crippen molar-refractivity contribution in [3.63, 3.8) is 0 Å². The number of halogens is 2. The van der Waals surface area contributed by atoms with E-state index >= 15 is 0 Å². The predicted octanol–water partition coefficient (Wildman–Crippen LogP) is 5.03. The Hall–Kier alpha value is -2.07. The maximum Gasteiger partial charge on any atom is 0.264 e. The van der Waals surface area contributed by atoms with Gasteiger partial charge in [-0.2, -0.15) is 11.8 Å². The van der Waals surface area contributed by atoms with Gasteiger partial charge in [0.2, 0.25) is 0 Å². The minimum Gasteiger partial charge on any atom is -0.351 e. The van der Waals surface area contributed by atoms with Crippen LogP contribution in [0.1, 0.15) is 15.2 Å². The molecule has 10 heteroatoms. The summed E-state index contributed by atoms with van der Waals surface area (Å²) in [6, 6.07) is 13.1. The Labute approximate surface area is 194 Å². The van der Waals surface area contributed by atoms with Crippen LogP contribution in [-0.4, -0.2) is 33.7 Å². The van der Waals surface area contributed by atoms with Crippen LogP contribution >= 0.6 is 34.7 Å².